The molecule has 0 aliphatic heterocycles. The second-order valence-electron chi connectivity index (χ2n) is 1.12. The summed E-state index contributed by atoms with van der Waals surface area (Å²) in [5.74, 6) is -2.79. The van der Waals surface area contributed by atoms with Crippen molar-refractivity contribution in [2.24, 2.45) is 0 Å². The van der Waals surface area contributed by atoms with Crippen molar-refractivity contribution in [3.63, 3.8) is 0 Å². The zero-order valence-electron chi connectivity index (χ0n) is 4.14. The Hall–Kier alpha value is -0.330. The van der Waals surface area contributed by atoms with Crippen LogP contribution in [0.25, 0.3) is 0 Å². The number of hydrogen-bond donors (Lipinski definition) is 2. The summed E-state index contributed by atoms with van der Waals surface area (Å²) >= 11 is 0. The van der Waals surface area contributed by atoms with Gasteiger partial charge in [-0.25, -0.2) is 0 Å². The van der Waals surface area contributed by atoms with Crippen LogP contribution < -0.4 is 0 Å². The molecule has 9 heavy (non-hydrogen) atoms. The number of halogens is 1. The zero-order chi connectivity index (χ0) is 6.78. The first kappa shape index (κ1) is 11.5. The second kappa shape index (κ2) is 3.65. The van der Waals surface area contributed by atoms with Gasteiger partial charge in [-0.15, -0.1) is 12.4 Å². The second-order valence-corrected chi connectivity index (χ2v) is 2.57. The summed E-state index contributed by atoms with van der Waals surface area (Å²) < 4.78 is 27.0. The first-order chi connectivity index (χ1) is 3.42. The molecule has 0 saturated carbocycles. The predicted octanol–water partition coefficient (Wildman–Crippen LogP) is -0.619. The molecule has 5 nitrogen and oxygen atoms in total. The zero-order valence-corrected chi connectivity index (χ0v) is 5.78. The Morgan fingerprint density at radius 2 is 1.78 bits per heavy atom. The molecule has 0 aromatic carbocycles. The predicted molar refractivity (Wildman–Crippen MR) is 31.3 cm³/mol. The highest BCUT2D eigenvalue weighted by Crippen LogP contribution is 1.78. The fraction of sp³-hybridized carbons (Fsp3) is 0.500. The number of carbonyl (C=O) groups is 1. The highest BCUT2D eigenvalue weighted by atomic mass is 35.5. The van der Waals surface area contributed by atoms with E-state index in [1.54, 1.807) is 0 Å². The van der Waals surface area contributed by atoms with Gasteiger partial charge in [0.1, 0.15) is 0 Å². The molecule has 0 unspecified atom stereocenters. The van der Waals surface area contributed by atoms with Gasteiger partial charge >= 0.3 is 5.97 Å². The van der Waals surface area contributed by atoms with E-state index >= 15 is 0 Å². The molecule has 0 saturated heterocycles. The maximum atomic E-state index is 9.62. The maximum absolute atomic E-state index is 9.62. The van der Waals surface area contributed by atoms with Gasteiger partial charge in [0.25, 0.3) is 10.1 Å². The molecule has 0 aliphatic carbocycles. The van der Waals surface area contributed by atoms with E-state index in [4.69, 9.17) is 9.66 Å². The van der Waals surface area contributed by atoms with Gasteiger partial charge in [0, 0.05) is 0 Å². The lowest BCUT2D eigenvalue weighted by Gasteiger charge is -1.85. The Morgan fingerprint density at radius 3 is 1.78 bits per heavy atom. The molecule has 0 amide bonds. The van der Waals surface area contributed by atoms with Crippen molar-refractivity contribution in [2.75, 3.05) is 5.75 Å². The summed E-state index contributed by atoms with van der Waals surface area (Å²) in [4.78, 5) is 9.48. The summed E-state index contributed by atoms with van der Waals surface area (Å²) in [6.07, 6.45) is 0. The Bertz CT molecular complexity index is 181. The Morgan fingerprint density at radius 1 is 1.44 bits per heavy atom. The lowest BCUT2D eigenvalue weighted by molar-refractivity contribution is -0.134. The van der Waals surface area contributed by atoms with E-state index in [-0.39, 0.29) is 12.4 Å². The van der Waals surface area contributed by atoms with Gasteiger partial charge in [-0.05, 0) is 0 Å². The molecule has 0 aromatic heterocycles. The average Bonchev–Trinajstić information content (AvgIpc) is 1.21. The van der Waals surface area contributed by atoms with Gasteiger partial charge in [-0.3, -0.25) is 9.35 Å². The van der Waals surface area contributed by atoms with E-state index in [1.165, 1.54) is 0 Å². The van der Waals surface area contributed by atoms with Crippen LogP contribution in [0.3, 0.4) is 0 Å². The van der Waals surface area contributed by atoms with Gasteiger partial charge in [0.2, 0.25) is 0 Å². The molecule has 0 heterocycles. The van der Waals surface area contributed by atoms with E-state index in [0.29, 0.717) is 0 Å². The molecule has 0 bridgehead atoms. The Labute approximate surface area is 57.8 Å². The van der Waals surface area contributed by atoms with Crippen LogP contribution in [0.2, 0.25) is 0 Å². The Kier molecular flexibility index (Phi) is 4.65. The molecule has 0 aromatic rings. The van der Waals surface area contributed by atoms with Gasteiger partial charge in [-0.1, -0.05) is 0 Å². The highest BCUT2D eigenvalue weighted by Gasteiger charge is 2.09. The number of aliphatic carboxylic acids is 1. The first-order valence-electron chi connectivity index (χ1n) is 1.59. The van der Waals surface area contributed by atoms with E-state index in [0.717, 1.165) is 0 Å². The van der Waals surface area contributed by atoms with E-state index in [2.05, 4.69) is 0 Å². The number of carboxylic acid groups (broad SMARTS) is 1. The van der Waals surface area contributed by atoms with Gasteiger partial charge in [0.15, 0.2) is 5.75 Å². The normalized spacial score (nSPS) is 9.89. The Balaban J connectivity index is 0. The van der Waals surface area contributed by atoms with Crippen LogP contribution >= 0.6 is 12.4 Å². The molecule has 0 spiro atoms. The van der Waals surface area contributed by atoms with Crippen molar-refractivity contribution >= 4 is 28.5 Å². The summed E-state index contributed by atoms with van der Waals surface area (Å²) in [7, 11) is -4.32. The molecular formula is C2H5ClO5S. The fourth-order valence-electron chi connectivity index (χ4n) is 0.156. The third kappa shape index (κ3) is 11.3. The van der Waals surface area contributed by atoms with Crippen LogP contribution in [0.5, 0.6) is 0 Å². The van der Waals surface area contributed by atoms with Gasteiger partial charge in [0.05, 0.1) is 0 Å². The quantitative estimate of drug-likeness (QED) is 0.547. The first-order valence-corrected chi connectivity index (χ1v) is 3.20. The third-order valence-electron chi connectivity index (χ3n) is 0.306. The lowest BCUT2D eigenvalue weighted by Crippen LogP contribution is -2.13. The van der Waals surface area contributed by atoms with Crippen molar-refractivity contribution < 1.29 is 22.9 Å². The monoisotopic (exact) mass is 176 g/mol. The molecule has 56 valence electrons. The van der Waals surface area contributed by atoms with Crippen LogP contribution in [0.4, 0.5) is 0 Å². The lowest BCUT2D eigenvalue weighted by atomic mass is 10.8. The van der Waals surface area contributed by atoms with Gasteiger partial charge in [-0.2, -0.15) is 8.42 Å². The standard InChI is InChI=1S/C2H4O5S.ClH/c3-2(4)1-8(5,6)7;/h1H2,(H,3,4)(H,5,6,7);1H. The molecule has 0 radical (unpaired) electrons. The SMILES string of the molecule is Cl.O=C(O)CS(=O)(=O)O. The minimum absolute atomic E-state index is 0. The smallest absolute Gasteiger partial charge is 0.321 e. The van der Waals surface area contributed by atoms with Crippen LogP contribution in [0, 0.1) is 0 Å². The molecule has 0 atom stereocenters. The third-order valence-corrected chi connectivity index (χ3v) is 0.918. The van der Waals surface area contributed by atoms with E-state index < -0.39 is 21.8 Å². The molecular weight excluding hydrogens is 172 g/mol. The van der Waals surface area contributed by atoms with Crippen LogP contribution in [0.1, 0.15) is 0 Å². The molecule has 0 fully saturated rings. The topological polar surface area (TPSA) is 91.7 Å². The molecule has 0 aliphatic rings. The minimum atomic E-state index is -4.32. The highest BCUT2D eigenvalue weighted by molar-refractivity contribution is 7.86. The number of carboxylic acids is 1. The maximum Gasteiger partial charge on any atom is 0.321 e. The van der Waals surface area contributed by atoms with Crippen LogP contribution in [-0.4, -0.2) is 29.8 Å². The van der Waals surface area contributed by atoms with Crippen molar-refractivity contribution in [3.8, 4) is 0 Å². The average molecular weight is 177 g/mol. The van der Waals surface area contributed by atoms with E-state index in [9.17, 15) is 13.2 Å². The molecule has 7 heteroatoms. The van der Waals surface area contributed by atoms with Crippen molar-refractivity contribution in [1.29, 1.82) is 0 Å². The number of hydrogen-bond acceptors (Lipinski definition) is 3. The summed E-state index contributed by atoms with van der Waals surface area (Å²) in [6, 6.07) is 0. The minimum Gasteiger partial charge on any atom is -0.480 e. The van der Waals surface area contributed by atoms with Crippen molar-refractivity contribution in [2.45, 2.75) is 0 Å². The van der Waals surface area contributed by atoms with E-state index in [1.807, 2.05) is 0 Å². The van der Waals surface area contributed by atoms with Gasteiger partial charge < -0.3 is 5.11 Å². The fourth-order valence-corrected chi connectivity index (χ4v) is 0.468. The summed E-state index contributed by atoms with van der Waals surface area (Å²) in [6.45, 7) is 0. The molecule has 2 N–H and O–H groups in total. The summed E-state index contributed by atoms with van der Waals surface area (Å²) in [5.41, 5.74) is 0. The van der Waals surface area contributed by atoms with Crippen LogP contribution in [0.15, 0.2) is 0 Å². The number of rotatable bonds is 2. The van der Waals surface area contributed by atoms with Crippen molar-refractivity contribution in [1.82, 2.24) is 0 Å². The van der Waals surface area contributed by atoms with Crippen molar-refractivity contribution in [3.05, 3.63) is 0 Å². The van der Waals surface area contributed by atoms with Crippen LogP contribution in [-0.2, 0) is 14.9 Å². The largest absolute Gasteiger partial charge is 0.480 e. The molecule has 0 rings (SSSR count). The summed E-state index contributed by atoms with van der Waals surface area (Å²) in [5, 5.41) is 7.71.